The van der Waals surface area contributed by atoms with E-state index in [9.17, 15) is 13.2 Å². The summed E-state index contributed by atoms with van der Waals surface area (Å²) in [4.78, 5) is 0.277. The van der Waals surface area contributed by atoms with Crippen molar-refractivity contribution >= 4 is 22.9 Å². The first kappa shape index (κ1) is 23.3. The van der Waals surface area contributed by atoms with Gasteiger partial charge in [-0.15, -0.1) is 0 Å². The van der Waals surface area contributed by atoms with Crippen LogP contribution in [-0.4, -0.2) is 11.6 Å². The quantitative estimate of drug-likeness (QED) is 0.360. The molecule has 3 aromatic carbocycles. The molecule has 4 rings (SSSR count). The van der Waals surface area contributed by atoms with Gasteiger partial charge in [0.05, 0.1) is 17.9 Å². The van der Waals surface area contributed by atoms with Crippen LogP contribution in [0.2, 0.25) is 0 Å². The van der Waals surface area contributed by atoms with Crippen LogP contribution in [0, 0.1) is 13.8 Å². The number of hydrogen-bond donors (Lipinski definition) is 1. The maximum atomic E-state index is 13.6. The lowest BCUT2D eigenvalue weighted by Crippen LogP contribution is -2.18. The van der Waals surface area contributed by atoms with Gasteiger partial charge in [0.25, 0.3) is 0 Å². The van der Waals surface area contributed by atoms with Crippen LogP contribution in [0.4, 0.5) is 18.9 Å². The summed E-state index contributed by atoms with van der Waals surface area (Å²) in [6.07, 6.45) is -1.64. The summed E-state index contributed by atoms with van der Waals surface area (Å²) < 4.78 is 46.7. The van der Waals surface area contributed by atoms with Crippen molar-refractivity contribution in [3.05, 3.63) is 94.0 Å². The average Bonchev–Trinajstić information content (AvgIpc) is 3.59. The van der Waals surface area contributed by atoms with Crippen LogP contribution in [0.5, 0.6) is 5.75 Å². The van der Waals surface area contributed by atoms with Crippen molar-refractivity contribution in [3.8, 4) is 5.75 Å². The topological polar surface area (TPSA) is 21.3 Å². The molecular formula is C27H26F3NOS. The summed E-state index contributed by atoms with van der Waals surface area (Å²) >= 11 is 5.56. The van der Waals surface area contributed by atoms with Crippen LogP contribution in [0.1, 0.15) is 52.1 Å². The minimum absolute atomic E-state index is 0.0129. The number of rotatable bonds is 7. The van der Waals surface area contributed by atoms with E-state index in [2.05, 4.69) is 17.4 Å². The summed E-state index contributed by atoms with van der Waals surface area (Å²) in [6.45, 7) is 4.32. The number of nitrogens with one attached hydrogen (secondary N) is 1. The Bertz CT molecular complexity index is 1130. The molecule has 1 fully saturated rings. The first-order valence-corrected chi connectivity index (χ1v) is 11.4. The van der Waals surface area contributed by atoms with Gasteiger partial charge in [-0.1, -0.05) is 48.6 Å². The Labute approximate surface area is 197 Å². The Hall–Kier alpha value is -2.86. The molecule has 0 unspecified atom stereocenters. The van der Waals surface area contributed by atoms with Crippen molar-refractivity contribution in [1.82, 2.24) is 0 Å². The number of aryl methyl sites for hydroxylation is 2. The predicted molar refractivity (Wildman–Crippen MR) is 130 cm³/mol. The Balaban J connectivity index is 1.51. The molecular weight excluding hydrogens is 443 g/mol. The van der Waals surface area contributed by atoms with Crippen LogP contribution >= 0.6 is 12.2 Å². The molecule has 0 saturated heterocycles. The van der Waals surface area contributed by atoms with Gasteiger partial charge in [0, 0.05) is 12.0 Å². The van der Waals surface area contributed by atoms with Crippen molar-refractivity contribution in [2.45, 2.75) is 45.2 Å². The molecule has 0 aliphatic heterocycles. The van der Waals surface area contributed by atoms with E-state index in [4.69, 9.17) is 17.0 Å². The lowest BCUT2D eigenvalue weighted by atomic mass is 10.0. The van der Waals surface area contributed by atoms with E-state index in [1.165, 1.54) is 5.56 Å². The highest BCUT2D eigenvalue weighted by molar-refractivity contribution is 7.81. The number of alkyl halides is 3. The molecule has 3 aromatic rings. The van der Waals surface area contributed by atoms with Crippen LogP contribution in [0.3, 0.4) is 0 Å². The highest BCUT2D eigenvalue weighted by Crippen LogP contribution is 2.43. The van der Waals surface area contributed by atoms with Gasteiger partial charge in [-0.3, -0.25) is 0 Å². The maximum Gasteiger partial charge on any atom is 0.418 e. The number of thiocarbonyl (C=S) groups is 1. The van der Waals surface area contributed by atoms with Crippen molar-refractivity contribution in [2.24, 2.45) is 0 Å². The van der Waals surface area contributed by atoms with Crippen LogP contribution in [-0.2, 0) is 12.6 Å². The first-order valence-electron chi connectivity index (χ1n) is 11.0. The van der Waals surface area contributed by atoms with Gasteiger partial charge >= 0.3 is 6.18 Å². The molecule has 1 aliphatic rings. The van der Waals surface area contributed by atoms with Crippen molar-refractivity contribution < 1.29 is 17.9 Å². The number of benzene rings is 3. The predicted octanol–water partition coefficient (Wildman–Crippen LogP) is 7.61. The highest BCUT2D eigenvalue weighted by atomic mass is 32.1. The molecule has 6 heteroatoms. The lowest BCUT2D eigenvalue weighted by Gasteiger charge is -2.19. The fourth-order valence-electron chi connectivity index (χ4n) is 4.06. The molecule has 33 heavy (non-hydrogen) atoms. The molecule has 0 spiro atoms. The summed E-state index contributed by atoms with van der Waals surface area (Å²) in [5.74, 6) is 1.07. The molecule has 172 valence electrons. The van der Waals surface area contributed by atoms with Crippen LogP contribution in [0.25, 0.3) is 0 Å². The number of ether oxygens (including phenoxy) is 1. The summed E-state index contributed by atoms with van der Waals surface area (Å²) in [7, 11) is 0. The van der Waals surface area contributed by atoms with E-state index in [0.29, 0.717) is 12.5 Å². The van der Waals surface area contributed by atoms with E-state index < -0.39 is 11.7 Å². The third-order valence-corrected chi connectivity index (χ3v) is 6.19. The minimum Gasteiger partial charge on any atom is -0.493 e. The third-order valence-electron chi connectivity index (χ3n) is 5.88. The molecule has 0 atom stereocenters. The van der Waals surface area contributed by atoms with Gasteiger partial charge in [-0.05, 0) is 79.1 Å². The maximum absolute atomic E-state index is 13.6. The van der Waals surface area contributed by atoms with E-state index in [0.717, 1.165) is 53.3 Å². The molecule has 1 N–H and O–H groups in total. The van der Waals surface area contributed by atoms with E-state index >= 15 is 0 Å². The molecule has 0 heterocycles. The summed E-state index contributed by atoms with van der Waals surface area (Å²) in [6, 6.07) is 18.2. The Morgan fingerprint density at radius 2 is 1.67 bits per heavy atom. The standard InChI is InChI=1S/C27H26F3NOS/c1-17-14-22(32-13-12-19-6-4-3-5-7-19)15-18(2)25(17)26(33)31-24-16-21(20-8-9-20)10-11-23(24)27(28,29)30/h3-7,10-11,14-16,20H,8-9,12-13H2,1-2H3,(H,31,33). The third kappa shape index (κ3) is 5.74. The molecule has 0 radical (unpaired) electrons. The smallest absolute Gasteiger partial charge is 0.418 e. The second kappa shape index (κ2) is 9.56. The van der Waals surface area contributed by atoms with E-state index in [1.807, 2.05) is 44.2 Å². The van der Waals surface area contributed by atoms with Crippen LogP contribution < -0.4 is 10.1 Å². The fraction of sp³-hybridized carbons (Fsp3) is 0.296. The van der Waals surface area contributed by atoms with Gasteiger partial charge in [-0.25, -0.2) is 0 Å². The first-order chi connectivity index (χ1) is 15.7. The molecule has 1 aliphatic carbocycles. The number of halogens is 3. The second-order valence-corrected chi connectivity index (χ2v) is 8.96. The zero-order valence-electron chi connectivity index (χ0n) is 18.6. The largest absolute Gasteiger partial charge is 0.493 e. The van der Waals surface area contributed by atoms with Gasteiger partial charge in [0.15, 0.2) is 0 Å². The zero-order chi connectivity index (χ0) is 23.6. The van der Waals surface area contributed by atoms with Crippen molar-refractivity contribution in [2.75, 3.05) is 11.9 Å². The van der Waals surface area contributed by atoms with Gasteiger partial charge in [-0.2, -0.15) is 13.2 Å². The fourth-order valence-corrected chi connectivity index (χ4v) is 4.50. The Kier molecular flexibility index (Phi) is 6.75. The highest BCUT2D eigenvalue weighted by Gasteiger charge is 2.35. The summed E-state index contributed by atoms with van der Waals surface area (Å²) in [5.41, 5.74) is 3.86. The van der Waals surface area contributed by atoms with Gasteiger partial charge in [0.1, 0.15) is 10.7 Å². The SMILES string of the molecule is Cc1cc(OCCc2ccccc2)cc(C)c1C(=S)Nc1cc(C2CC2)ccc1C(F)(F)F. The molecule has 0 aromatic heterocycles. The van der Waals surface area contributed by atoms with Crippen LogP contribution in [0.15, 0.2) is 60.7 Å². The zero-order valence-corrected chi connectivity index (χ0v) is 19.4. The normalized spacial score (nSPS) is 13.6. The van der Waals surface area contributed by atoms with Crippen molar-refractivity contribution in [1.29, 1.82) is 0 Å². The Morgan fingerprint density at radius 1 is 1.00 bits per heavy atom. The molecule has 0 bridgehead atoms. The van der Waals surface area contributed by atoms with E-state index in [1.54, 1.807) is 12.1 Å². The Morgan fingerprint density at radius 3 is 2.27 bits per heavy atom. The average molecular weight is 470 g/mol. The summed E-state index contributed by atoms with van der Waals surface area (Å²) in [5, 5.41) is 2.89. The second-order valence-electron chi connectivity index (χ2n) is 8.55. The number of anilines is 1. The molecule has 1 saturated carbocycles. The molecule has 2 nitrogen and oxygen atoms in total. The monoisotopic (exact) mass is 469 g/mol. The van der Waals surface area contributed by atoms with Gasteiger partial charge < -0.3 is 10.1 Å². The van der Waals surface area contributed by atoms with E-state index in [-0.39, 0.29) is 10.7 Å². The molecule has 0 amide bonds. The van der Waals surface area contributed by atoms with Crippen molar-refractivity contribution in [3.63, 3.8) is 0 Å². The lowest BCUT2D eigenvalue weighted by molar-refractivity contribution is -0.136. The minimum atomic E-state index is -4.46. The number of hydrogen-bond acceptors (Lipinski definition) is 2. The van der Waals surface area contributed by atoms with Gasteiger partial charge in [0.2, 0.25) is 0 Å².